The van der Waals surface area contributed by atoms with E-state index < -0.39 is 54.3 Å². The predicted molar refractivity (Wildman–Crippen MR) is 110 cm³/mol. The molecule has 33 heavy (non-hydrogen) atoms. The molecule has 1 aromatic heterocycles. The number of amides is 2. The van der Waals surface area contributed by atoms with Crippen LogP contribution in [0.4, 0.5) is 18.0 Å². The summed E-state index contributed by atoms with van der Waals surface area (Å²) in [6.45, 7) is 4.41. The Bertz CT molecular complexity index is 985. The number of ether oxygens (including phenoxy) is 2. The molecule has 2 amide bonds. The first kappa shape index (κ1) is 25.7. The summed E-state index contributed by atoms with van der Waals surface area (Å²) in [6.07, 6.45) is -3.11. The van der Waals surface area contributed by atoms with Gasteiger partial charge in [-0.3, -0.25) is 9.59 Å². The standard InChI is InChI=1S/C21H25F3N4O5/c1-20(2,3)33-19(31)25-12-17(29)27-16(11-18(30)32-4)13-8-14(21(22,23)24)10-15(9-13)28-7-5-6-26-28/h5-10,16H,11-12H2,1-4H3,(H,25,31)(H,27,29)/t16-/m0/s1. The molecule has 1 heterocycles. The summed E-state index contributed by atoms with van der Waals surface area (Å²) < 4.78 is 51.4. The number of alkyl carbamates (subject to hydrolysis) is 1. The minimum atomic E-state index is -4.68. The Morgan fingerprint density at radius 1 is 1.15 bits per heavy atom. The molecule has 180 valence electrons. The van der Waals surface area contributed by atoms with Crippen molar-refractivity contribution < 1.29 is 37.0 Å². The molecule has 0 aliphatic rings. The van der Waals surface area contributed by atoms with Gasteiger partial charge in [0.05, 0.1) is 30.8 Å². The maximum Gasteiger partial charge on any atom is 0.416 e. The molecule has 0 unspecified atom stereocenters. The zero-order valence-corrected chi connectivity index (χ0v) is 18.5. The SMILES string of the molecule is COC(=O)C[C@H](NC(=O)CNC(=O)OC(C)(C)C)c1cc(-n2cccn2)cc(C(F)(F)F)c1. The van der Waals surface area contributed by atoms with Crippen molar-refractivity contribution in [1.29, 1.82) is 0 Å². The topological polar surface area (TPSA) is 112 Å². The molecule has 12 heteroatoms. The van der Waals surface area contributed by atoms with Crippen LogP contribution in [0.2, 0.25) is 0 Å². The highest BCUT2D eigenvalue weighted by atomic mass is 19.4. The number of methoxy groups -OCH3 is 1. The van der Waals surface area contributed by atoms with Crippen LogP contribution in [0.15, 0.2) is 36.7 Å². The molecule has 2 rings (SSSR count). The highest BCUT2D eigenvalue weighted by Crippen LogP contribution is 2.33. The molecule has 0 fully saturated rings. The second-order valence-corrected chi connectivity index (χ2v) is 8.02. The number of rotatable bonds is 7. The quantitative estimate of drug-likeness (QED) is 0.602. The molecule has 2 aromatic rings. The van der Waals surface area contributed by atoms with Crippen LogP contribution in [-0.4, -0.2) is 47.0 Å². The van der Waals surface area contributed by atoms with Gasteiger partial charge in [-0.15, -0.1) is 0 Å². The summed E-state index contributed by atoms with van der Waals surface area (Å²) in [6, 6.07) is 3.48. The summed E-state index contributed by atoms with van der Waals surface area (Å²) >= 11 is 0. The maximum absolute atomic E-state index is 13.5. The van der Waals surface area contributed by atoms with E-state index >= 15 is 0 Å². The molecule has 0 bridgehead atoms. The summed E-state index contributed by atoms with van der Waals surface area (Å²) in [5.41, 5.74) is -1.68. The average Bonchev–Trinajstić information content (AvgIpc) is 3.24. The van der Waals surface area contributed by atoms with Gasteiger partial charge in [0.2, 0.25) is 5.91 Å². The van der Waals surface area contributed by atoms with Crippen LogP contribution in [0.25, 0.3) is 5.69 Å². The minimum Gasteiger partial charge on any atom is -0.469 e. The fourth-order valence-electron chi connectivity index (χ4n) is 2.77. The van der Waals surface area contributed by atoms with Crippen molar-refractivity contribution in [1.82, 2.24) is 20.4 Å². The lowest BCUT2D eigenvalue weighted by Gasteiger charge is -2.22. The lowest BCUT2D eigenvalue weighted by Crippen LogP contribution is -2.41. The zero-order chi connectivity index (χ0) is 24.8. The van der Waals surface area contributed by atoms with Crippen molar-refractivity contribution >= 4 is 18.0 Å². The van der Waals surface area contributed by atoms with E-state index in [9.17, 15) is 27.6 Å². The second kappa shape index (κ2) is 10.4. The molecular formula is C21H25F3N4O5. The van der Waals surface area contributed by atoms with Crippen molar-refractivity contribution in [3.63, 3.8) is 0 Å². The average molecular weight is 470 g/mol. The van der Waals surface area contributed by atoms with E-state index in [0.29, 0.717) is 0 Å². The van der Waals surface area contributed by atoms with Crippen molar-refractivity contribution in [3.05, 3.63) is 47.8 Å². The Labute approximate surface area is 188 Å². The van der Waals surface area contributed by atoms with Gasteiger partial charge in [0.25, 0.3) is 0 Å². The van der Waals surface area contributed by atoms with Crippen LogP contribution in [0.1, 0.15) is 44.4 Å². The smallest absolute Gasteiger partial charge is 0.416 e. The van der Waals surface area contributed by atoms with Gasteiger partial charge in [0.15, 0.2) is 0 Å². The van der Waals surface area contributed by atoms with Crippen LogP contribution in [0.3, 0.4) is 0 Å². The first-order valence-corrected chi connectivity index (χ1v) is 9.83. The van der Waals surface area contributed by atoms with Crippen LogP contribution in [0.5, 0.6) is 0 Å². The van der Waals surface area contributed by atoms with E-state index in [-0.39, 0.29) is 11.3 Å². The summed E-state index contributed by atoms with van der Waals surface area (Å²) in [5, 5.41) is 8.64. The number of carbonyl (C=O) groups is 3. The van der Waals surface area contributed by atoms with Crippen molar-refractivity contribution in [2.24, 2.45) is 0 Å². The minimum absolute atomic E-state index is 0.00587. The molecule has 2 N–H and O–H groups in total. The zero-order valence-electron chi connectivity index (χ0n) is 18.5. The lowest BCUT2D eigenvalue weighted by atomic mass is 9.99. The Morgan fingerprint density at radius 3 is 2.39 bits per heavy atom. The molecular weight excluding hydrogens is 445 g/mol. The largest absolute Gasteiger partial charge is 0.469 e. The van der Waals surface area contributed by atoms with E-state index in [1.165, 1.54) is 29.2 Å². The van der Waals surface area contributed by atoms with Crippen LogP contribution in [-0.2, 0) is 25.2 Å². The van der Waals surface area contributed by atoms with Gasteiger partial charge in [0, 0.05) is 12.4 Å². The van der Waals surface area contributed by atoms with E-state index in [1.807, 2.05) is 0 Å². The number of hydrogen-bond donors (Lipinski definition) is 2. The molecule has 0 saturated carbocycles. The monoisotopic (exact) mass is 470 g/mol. The van der Waals surface area contributed by atoms with Gasteiger partial charge in [0.1, 0.15) is 12.1 Å². The molecule has 0 spiro atoms. The van der Waals surface area contributed by atoms with Gasteiger partial charge in [-0.2, -0.15) is 18.3 Å². The van der Waals surface area contributed by atoms with Gasteiger partial charge in [-0.1, -0.05) is 0 Å². The summed E-state index contributed by atoms with van der Waals surface area (Å²) in [5.74, 6) is -1.49. The number of alkyl halides is 3. The lowest BCUT2D eigenvalue weighted by molar-refractivity contribution is -0.141. The molecule has 1 atom stereocenters. The van der Waals surface area contributed by atoms with Gasteiger partial charge < -0.3 is 20.1 Å². The maximum atomic E-state index is 13.5. The number of aromatic nitrogens is 2. The van der Waals surface area contributed by atoms with Gasteiger partial charge >= 0.3 is 18.2 Å². The summed E-state index contributed by atoms with van der Waals surface area (Å²) in [4.78, 5) is 36.0. The van der Waals surface area contributed by atoms with Gasteiger partial charge in [-0.25, -0.2) is 9.48 Å². The Balaban J connectivity index is 2.31. The third-order valence-corrected chi connectivity index (χ3v) is 4.16. The number of hydrogen-bond acceptors (Lipinski definition) is 6. The Hall–Kier alpha value is -3.57. The van der Waals surface area contributed by atoms with Crippen molar-refractivity contribution in [2.75, 3.05) is 13.7 Å². The Morgan fingerprint density at radius 2 is 1.85 bits per heavy atom. The predicted octanol–water partition coefficient (Wildman–Crippen LogP) is 3.14. The van der Waals surface area contributed by atoms with Crippen LogP contribution in [0, 0.1) is 0 Å². The van der Waals surface area contributed by atoms with Crippen molar-refractivity contribution in [2.45, 2.75) is 45.0 Å². The summed E-state index contributed by atoms with van der Waals surface area (Å²) in [7, 11) is 1.12. The highest BCUT2D eigenvalue weighted by molar-refractivity contribution is 5.83. The molecule has 0 radical (unpaired) electrons. The molecule has 0 aliphatic heterocycles. The number of nitrogens with zero attached hydrogens (tertiary/aromatic N) is 2. The molecule has 0 aliphatic carbocycles. The second-order valence-electron chi connectivity index (χ2n) is 8.02. The third-order valence-electron chi connectivity index (χ3n) is 4.16. The molecule has 9 nitrogen and oxygen atoms in total. The van der Waals surface area contributed by atoms with Crippen LogP contribution < -0.4 is 10.6 Å². The third kappa shape index (κ3) is 8.13. The number of nitrogens with one attached hydrogen (secondary N) is 2. The first-order valence-electron chi connectivity index (χ1n) is 9.83. The number of halogens is 3. The highest BCUT2D eigenvalue weighted by Gasteiger charge is 2.33. The fourth-order valence-corrected chi connectivity index (χ4v) is 2.77. The number of carbonyl (C=O) groups excluding carboxylic acids is 3. The van der Waals surface area contributed by atoms with Crippen molar-refractivity contribution in [3.8, 4) is 5.69 Å². The normalized spacial score (nSPS) is 12.6. The van der Waals surface area contributed by atoms with Crippen LogP contribution >= 0.6 is 0 Å². The number of benzene rings is 1. The van der Waals surface area contributed by atoms with Gasteiger partial charge in [-0.05, 0) is 50.6 Å². The Kier molecular flexibility index (Phi) is 8.07. The van der Waals surface area contributed by atoms with E-state index in [1.54, 1.807) is 20.8 Å². The molecule has 1 aromatic carbocycles. The molecule has 0 saturated heterocycles. The van der Waals surface area contributed by atoms with E-state index in [2.05, 4.69) is 20.5 Å². The fraction of sp³-hybridized carbons (Fsp3) is 0.429. The van der Waals surface area contributed by atoms with E-state index in [0.717, 1.165) is 19.2 Å². The first-order chi connectivity index (χ1) is 15.3. The number of esters is 1. The van der Waals surface area contributed by atoms with E-state index in [4.69, 9.17) is 4.74 Å².